The van der Waals surface area contributed by atoms with E-state index in [0.717, 1.165) is 70.6 Å². The van der Waals surface area contributed by atoms with Crippen LogP contribution in [0.1, 0.15) is 136 Å². The first-order valence-corrected chi connectivity index (χ1v) is 22.2. The highest BCUT2D eigenvalue weighted by molar-refractivity contribution is 7.47. The second-order valence-corrected chi connectivity index (χ2v) is 14.9. The molecule has 0 aromatic carbocycles. The molecule has 318 valence electrons. The third-order valence-electron chi connectivity index (χ3n) is 7.96. The van der Waals surface area contributed by atoms with Crippen LogP contribution in [0, 0.1) is 0 Å². The molecule has 0 aromatic heterocycles. The fourth-order valence-corrected chi connectivity index (χ4v) is 5.64. The lowest BCUT2D eigenvalue weighted by Gasteiger charge is -2.19. The zero-order valence-corrected chi connectivity index (χ0v) is 35.3. The average molecular weight is 804 g/mol. The summed E-state index contributed by atoms with van der Waals surface area (Å²) in [6.45, 7) is 3.08. The highest BCUT2D eigenvalue weighted by Gasteiger charge is 2.25. The van der Waals surface area contributed by atoms with Crippen molar-refractivity contribution in [3.8, 4) is 0 Å². The molecule has 1 unspecified atom stereocenters. The van der Waals surface area contributed by atoms with E-state index in [-0.39, 0.29) is 38.7 Å². The van der Waals surface area contributed by atoms with Crippen molar-refractivity contribution in [2.45, 2.75) is 148 Å². The number of hydrogen-bond donors (Lipinski definition) is 3. The lowest BCUT2D eigenvalue weighted by Crippen LogP contribution is -2.29. The van der Waals surface area contributed by atoms with Gasteiger partial charge in [-0.25, -0.2) is 4.57 Å². The quantitative estimate of drug-likeness (QED) is 0.0239. The van der Waals surface area contributed by atoms with E-state index in [1.165, 1.54) is 19.3 Å². The summed E-state index contributed by atoms with van der Waals surface area (Å²) < 4.78 is 32.6. The number of ether oxygens (including phenoxy) is 2. The van der Waals surface area contributed by atoms with Crippen molar-refractivity contribution in [3.05, 3.63) is 97.2 Å². The maximum atomic E-state index is 12.5. The van der Waals surface area contributed by atoms with E-state index in [0.29, 0.717) is 19.3 Å². The van der Waals surface area contributed by atoms with Gasteiger partial charge in [0.15, 0.2) is 6.10 Å². The second-order valence-electron chi connectivity index (χ2n) is 13.4. The highest BCUT2D eigenvalue weighted by atomic mass is 31.2. The van der Waals surface area contributed by atoms with Crippen molar-refractivity contribution in [2.75, 3.05) is 26.4 Å². The number of carbonyl (C=O) groups excluding carboxylic acids is 2. The molecule has 0 spiro atoms. The van der Waals surface area contributed by atoms with Crippen molar-refractivity contribution in [1.29, 1.82) is 0 Å². The van der Waals surface area contributed by atoms with Crippen LogP contribution in [0.25, 0.3) is 0 Å². The van der Waals surface area contributed by atoms with E-state index in [1.54, 1.807) is 0 Å². The van der Waals surface area contributed by atoms with Crippen LogP contribution in [0.5, 0.6) is 0 Å². The maximum Gasteiger partial charge on any atom is 0.472 e. The number of allylic oxidation sites excluding steroid dienone is 16. The number of aliphatic hydroxyl groups is 1. The maximum absolute atomic E-state index is 12.5. The molecule has 10 nitrogen and oxygen atoms in total. The van der Waals surface area contributed by atoms with Gasteiger partial charge in [0.2, 0.25) is 0 Å². The number of unbranched alkanes of at least 4 members (excludes halogenated alkanes) is 6. The average Bonchev–Trinajstić information content (AvgIpc) is 3.17. The van der Waals surface area contributed by atoms with Crippen LogP contribution in [0.2, 0.25) is 0 Å². The number of rotatable bonds is 37. The summed E-state index contributed by atoms with van der Waals surface area (Å²) in [5.74, 6) is -0.989. The van der Waals surface area contributed by atoms with Crippen molar-refractivity contribution in [3.63, 3.8) is 0 Å². The molecule has 0 aliphatic carbocycles. The van der Waals surface area contributed by atoms with Gasteiger partial charge in [-0.2, -0.15) is 0 Å². The van der Waals surface area contributed by atoms with E-state index in [4.69, 9.17) is 24.3 Å². The van der Waals surface area contributed by atoms with Crippen LogP contribution in [0.4, 0.5) is 0 Å². The van der Waals surface area contributed by atoms with E-state index in [2.05, 4.69) is 85.9 Å². The smallest absolute Gasteiger partial charge is 0.462 e. The number of nitrogens with two attached hydrogens (primary N) is 1. The Morgan fingerprint density at radius 2 is 1.04 bits per heavy atom. The molecule has 0 aliphatic rings. The number of esters is 2. The third kappa shape index (κ3) is 40.6. The van der Waals surface area contributed by atoms with Crippen molar-refractivity contribution < 1.29 is 42.7 Å². The predicted octanol–water partition coefficient (Wildman–Crippen LogP) is 10.8. The Morgan fingerprint density at radius 3 is 1.48 bits per heavy atom. The number of aliphatic hydroxyl groups excluding tert-OH is 1. The van der Waals surface area contributed by atoms with Crippen LogP contribution in [-0.4, -0.2) is 60.5 Å². The predicted molar refractivity (Wildman–Crippen MR) is 230 cm³/mol. The van der Waals surface area contributed by atoms with Crippen LogP contribution in [0.15, 0.2) is 97.2 Å². The SMILES string of the molecule is CCCCC/C=C\C/C=C\C/C=C\C/C=C\CCCC(=O)OC[C@H](COP(=O)(O)OCCN)OC(=O)CCC/C=C\C/C=C\C/C=C\C/C=C\CCC[C@H](C)O. The van der Waals surface area contributed by atoms with Gasteiger partial charge in [-0.15, -0.1) is 0 Å². The summed E-state index contributed by atoms with van der Waals surface area (Å²) in [4.78, 5) is 34.8. The van der Waals surface area contributed by atoms with Gasteiger partial charge in [-0.05, 0) is 103 Å². The van der Waals surface area contributed by atoms with E-state index in [9.17, 15) is 24.2 Å². The number of hydrogen-bond acceptors (Lipinski definition) is 9. The first-order valence-electron chi connectivity index (χ1n) is 20.7. The van der Waals surface area contributed by atoms with Crippen LogP contribution in [0.3, 0.4) is 0 Å². The minimum atomic E-state index is -4.42. The van der Waals surface area contributed by atoms with E-state index < -0.39 is 32.5 Å². The summed E-state index contributed by atoms with van der Waals surface area (Å²) in [6, 6.07) is 0. The van der Waals surface area contributed by atoms with Gasteiger partial charge in [0.25, 0.3) is 0 Å². The normalized spacial score (nSPS) is 14.9. The monoisotopic (exact) mass is 804 g/mol. The third-order valence-corrected chi connectivity index (χ3v) is 8.95. The lowest BCUT2D eigenvalue weighted by atomic mass is 10.1. The van der Waals surface area contributed by atoms with Gasteiger partial charge < -0.3 is 25.2 Å². The first kappa shape index (κ1) is 52.9. The summed E-state index contributed by atoms with van der Waals surface area (Å²) in [7, 11) is -4.42. The van der Waals surface area contributed by atoms with Crippen molar-refractivity contribution >= 4 is 19.8 Å². The molecule has 56 heavy (non-hydrogen) atoms. The van der Waals surface area contributed by atoms with Crippen molar-refractivity contribution in [2.24, 2.45) is 5.73 Å². The van der Waals surface area contributed by atoms with E-state index in [1.807, 2.05) is 25.2 Å². The number of phosphoric acid groups is 1. The molecule has 4 N–H and O–H groups in total. The highest BCUT2D eigenvalue weighted by Crippen LogP contribution is 2.43. The Bertz CT molecular complexity index is 1250. The molecule has 0 saturated carbocycles. The molecule has 3 atom stereocenters. The topological polar surface area (TPSA) is 155 Å². The summed E-state index contributed by atoms with van der Waals surface area (Å²) in [5, 5.41) is 9.26. The van der Waals surface area contributed by atoms with Gasteiger partial charge in [0, 0.05) is 19.4 Å². The van der Waals surface area contributed by atoms with Gasteiger partial charge in [0.1, 0.15) is 6.61 Å². The molecule has 0 fully saturated rings. The molecule has 0 rings (SSSR count). The molecule has 0 aromatic rings. The van der Waals surface area contributed by atoms with Gasteiger partial charge >= 0.3 is 19.8 Å². The first-order chi connectivity index (χ1) is 27.2. The van der Waals surface area contributed by atoms with Gasteiger partial charge in [-0.1, -0.05) is 117 Å². The zero-order chi connectivity index (χ0) is 41.2. The van der Waals surface area contributed by atoms with Crippen LogP contribution >= 0.6 is 7.82 Å². The molecule has 0 amide bonds. The van der Waals surface area contributed by atoms with Gasteiger partial charge in [-0.3, -0.25) is 18.6 Å². The van der Waals surface area contributed by atoms with E-state index >= 15 is 0 Å². The largest absolute Gasteiger partial charge is 0.472 e. The summed E-state index contributed by atoms with van der Waals surface area (Å²) in [6.07, 6.45) is 48.7. The Labute approximate surface area is 339 Å². The molecular formula is C45H74NO9P. The fourth-order valence-electron chi connectivity index (χ4n) is 4.87. The van der Waals surface area contributed by atoms with Crippen LogP contribution in [-0.2, 0) is 32.7 Å². The second kappa shape index (κ2) is 40.1. The van der Waals surface area contributed by atoms with Gasteiger partial charge in [0.05, 0.1) is 19.3 Å². The fraction of sp³-hybridized carbons (Fsp3) is 0.600. The standard InChI is InChI=1S/C45H74NO9P/c1-3-4-5-6-7-8-9-10-11-12-15-18-21-24-27-30-33-36-44(48)52-40-43(41-54-56(50,51)53-39-38-46)55-45(49)37-34-31-28-25-22-19-16-13-14-17-20-23-26-29-32-35-42(2)47/h7-8,10-11,14-19,23-28,42-43,47H,3-6,9,12-13,20-22,29-41,46H2,1-2H3,(H,50,51)/b8-7-,11-10-,17-14-,18-15-,19-16-,26-23-,27-24-,28-25-/t42-,43+/m0/s1. The Morgan fingerprint density at radius 1 is 0.607 bits per heavy atom. The molecular weight excluding hydrogens is 729 g/mol. The Balaban J connectivity index is 4.40. The summed E-state index contributed by atoms with van der Waals surface area (Å²) in [5.41, 5.74) is 5.33. The zero-order valence-electron chi connectivity index (χ0n) is 34.4. The number of carbonyl (C=O) groups is 2. The van der Waals surface area contributed by atoms with Crippen molar-refractivity contribution in [1.82, 2.24) is 0 Å². The minimum Gasteiger partial charge on any atom is -0.462 e. The lowest BCUT2D eigenvalue weighted by molar-refractivity contribution is -0.161. The molecule has 0 heterocycles. The molecule has 0 saturated heterocycles. The molecule has 0 aliphatic heterocycles. The minimum absolute atomic E-state index is 0.0267. The Hall–Kier alpha value is -3.11. The molecule has 0 bridgehead atoms. The molecule has 0 radical (unpaired) electrons. The Kier molecular flexibility index (Phi) is 37.9. The van der Waals surface area contributed by atoms with Crippen LogP contribution < -0.4 is 5.73 Å². The summed E-state index contributed by atoms with van der Waals surface area (Å²) >= 11 is 0. The molecule has 11 heteroatoms. The number of phosphoric ester groups is 1.